The molecule has 3 rings (SSSR count). The number of hydrogen-bond acceptors (Lipinski definition) is 8. The molecule has 0 atom stereocenters. The summed E-state index contributed by atoms with van der Waals surface area (Å²) < 4.78 is 31.1. The van der Waals surface area contributed by atoms with Crippen LogP contribution in [0, 0.1) is 13.8 Å². The van der Waals surface area contributed by atoms with E-state index in [1.54, 1.807) is 6.07 Å². The summed E-state index contributed by atoms with van der Waals surface area (Å²) in [5, 5.41) is 7.56. The minimum atomic E-state index is -4.30. The van der Waals surface area contributed by atoms with Crippen molar-refractivity contribution < 1.29 is 13.0 Å². The van der Waals surface area contributed by atoms with E-state index in [1.807, 2.05) is 26.0 Å². The van der Waals surface area contributed by atoms with Crippen LogP contribution in [-0.4, -0.2) is 13.0 Å². The lowest BCUT2D eigenvalue weighted by Gasteiger charge is -2.05. The SMILES string of the molecule is Cc1ccc(NN=c2c(=O)cc/c(=N/Nc3ccc(S(=O)(=O)O)cc3)c2=O)c(C)c1. The molecule has 0 heterocycles. The highest BCUT2D eigenvalue weighted by atomic mass is 32.2. The summed E-state index contributed by atoms with van der Waals surface area (Å²) in [6.07, 6.45) is 0. The lowest BCUT2D eigenvalue weighted by Crippen LogP contribution is -2.48. The predicted octanol–water partition coefficient (Wildman–Crippen LogP) is 1.00. The van der Waals surface area contributed by atoms with Crippen molar-refractivity contribution in [3.63, 3.8) is 0 Å². The maximum atomic E-state index is 12.6. The van der Waals surface area contributed by atoms with Crippen LogP contribution < -0.4 is 32.4 Å². The van der Waals surface area contributed by atoms with E-state index in [1.165, 1.54) is 36.4 Å². The first-order valence-corrected chi connectivity index (χ1v) is 10.2. The van der Waals surface area contributed by atoms with E-state index in [4.69, 9.17) is 4.55 Å². The predicted molar refractivity (Wildman–Crippen MR) is 112 cm³/mol. The molecule has 30 heavy (non-hydrogen) atoms. The third-order valence-electron chi connectivity index (χ3n) is 4.20. The van der Waals surface area contributed by atoms with Crippen LogP contribution in [0.4, 0.5) is 11.4 Å². The summed E-state index contributed by atoms with van der Waals surface area (Å²) in [7, 11) is -4.30. The number of hydrogen-bond donors (Lipinski definition) is 3. The van der Waals surface area contributed by atoms with Crippen molar-refractivity contribution in [3.05, 3.63) is 96.9 Å². The standard InChI is InChI=1S/C20H18N4O5S/c1-12-3-8-16(13(2)11-12)22-24-19-18(25)10-9-17(20(19)26)23-21-14-4-6-15(7-5-14)30(27,28)29/h3-11,21-22H,1-2H3,(H,27,28,29)/b23-17-,24-19?. The van der Waals surface area contributed by atoms with Gasteiger partial charge in [-0.15, -0.1) is 0 Å². The van der Waals surface area contributed by atoms with Crippen molar-refractivity contribution in [1.82, 2.24) is 0 Å². The highest BCUT2D eigenvalue weighted by molar-refractivity contribution is 7.85. The third kappa shape index (κ3) is 4.85. The summed E-state index contributed by atoms with van der Waals surface area (Å²) in [6, 6.07) is 13.2. The van der Waals surface area contributed by atoms with E-state index in [0.717, 1.165) is 11.1 Å². The van der Waals surface area contributed by atoms with Gasteiger partial charge in [-0.25, -0.2) is 0 Å². The molecular weight excluding hydrogens is 408 g/mol. The molecular formula is C20H18N4O5S. The second-order valence-corrected chi connectivity index (χ2v) is 7.95. The minimum Gasteiger partial charge on any atom is -0.287 e. The molecule has 10 heteroatoms. The van der Waals surface area contributed by atoms with Gasteiger partial charge in [-0.1, -0.05) is 17.7 Å². The molecule has 0 bridgehead atoms. The molecule has 0 aliphatic rings. The minimum absolute atomic E-state index is 0.0466. The van der Waals surface area contributed by atoms with Crippen molar-refractivity contribution in [2.45, 2.75) is 18.7 Å². The van der Waals surface area contributed by atoms with Crippen LogP contribution in [0.3, 0.4) is 0 Å². The molecule has 0 aromatic heterocycles. The highest BCUT2D eigenvalue weighted by Gasteiger charge is 2.08. The lowest BCUT2D eigenvalue weighted by atomic mass is 10.1. The Hall–Kier alpha value is -3.63. The number of anilines is 2. The Morgan fingerprint density at radius 2 is 1.57 bits per heavy atom. The molecule has 3 N–H and O–H groups in total. The molecule has 154 valence electrons. The number of benzene rings is 3. The first-order valence-electron chi connectivity index (χ1n) is 8.74. The molecule has 0 spiro atoms. The highest BCUT2D eigenvalue weighted by Crippen LogP contribution is 2.15. The molecule has 3 aromatic rings. The maximum Gasteiger partial charge on any atom is 0.294 e. The summed E-state index contributed by atoms with van der Waals surface area (Å²) in [5.41, 5.74) is 7.15. The van der Waals surface area contributed by atoms with Crippen molar-refractivity contribution in [2.75, 3.05) is 10.9 Å². The summed E-state index contributed by atoms with van der Waals surface area (Å²) >= 11 is 0. The third-order valence-corrected chi connectivity index (χ3v) is 5.07. The molecule has 0 unspecified atom stereocenters. The normalized spacial score (nSPS) is 12.8. The largest absolute Gasteiger partial charge is 0.294 e. The van der Waals surface area contributed by atoms with Crippen molar-refractivity contribution >= 4 is 21.5 Å². The van der Waals surface area contributed by atoms with Gasteiger partial charge in [0.15, 0.2) is 5.36 Å². The Bertz CT molecular complexity index is 1420. The summed E-state index contributed by atoms with van der Waals surface area (Å²) in [4.78, 5) is 24.4. The van der Waals surface area contributed by atoms with Crippen LogP contribution in [0.1, 0.15) is 11.1 Å². The molecule has 0 fully saturated rings. The second kappa shape index (κ2) is 8.39. The van der Waals surface area contributed by atoms with E-state index in [-0.39, 0.29) is 15.6 Å². The van der Waals surface area contributed by atoms with Crippen molar-refractivity contribution in [1.29, 1.82) is 0 Å². The van der Waals surface area contributed by atoms with Crippen molar-refractivity contribution in [2.24, 2.45) is 10.2 Å². The molecule has 0 saturated carbocycles. The molecule has 0 aliphatic heterocycles. The smallest absolute Gasteiger partial charge is 0.287 e. The quantitative estimate of drug-likeness (QED) is 0.409. The molecule has 0 amide bonds. The van der Waals surface area contributed by atoms with Gasteiger partial charge in [0.25, 0.3) is 10.1 Å². The van der Waals surface area contributed by atoms with Gasteiger partial charge >= 0.3 is 0 Å². The average Bonchev–Trinajstić information content (AvgIpc) is 2.68. The Morgan fingerprint density at radius 3 is 2.20 bits per heavy atom. The van der Waals surface area contributed by atoms with Gasteiger partial charge in [0.05, 0.1) is 16.3 Å². The topological polar surface area (TPSA) is 137 Å². The number of nitrogens with zero attached hydrogens (tertiary/aromatic N) is 2. The molecule has 9 nitrogen and oxygen atoms in total. The number of nitrogens with one attached hydrogen (secondary N) is 2. The second-order valence-electron chi connectivity index (χ2n) is 6.53. The molecule has 0 radical (unpaired) electrons. The van der Waals surface area contributed by atoms with E-state index >= 15 is 0 Å². The van der Waals surface area contributed by atoms with Gasteiger partial charge in [0, 0.05) is 0 Å². The zero-order chi connectivity index (χ0) is 21.9. The average molecular weight is 426 g/mol. The van der Waals surface area contributed by atoms with Gasteiger partial charge in [-0.05, 0) is 61.9 Å². The summed E-state index contributed by atoms with van der Waals surface area (Å²) in [5.74, 6) is 0. The fourth-order valence-corrected chi connectivity index (χ4v) is 3.10. The van der Waals surface area contributed by atoms with Gasteiger partial charge in [0.2, 0.25) is 10.9 Å². The Kier molecular flexibility index (Phi) is 5.90. The Labute approximate surface area is 171 Å². The maximum absolute atomic E-state index is 12.6. The van der Waals surface area contributed by atoms with Gasteiger partial charge < -0.3 is 0 Å². The number of aryl methyl sites for hydroxylation is 2. The fourth-order valence-electron chi connectivity index (χ4n) is 2.62. The zero-order valence-corrected chi connectivity index (χ0v) is 16.9. The zero-order valence-electron chi connectivity index (χ0n) is 16.1. The fraction of sp³-hybridized carbons (Fsp3) is 0.100. The lowest BCUT2D eigenvalue weighted by molar-refractivity contribution is 0.483. The van der Waals surface area contributed by atoms with Crippen LogP contribution in [0.15, 0.2) is 79.3 Å². The van der Waals surface area contributed by atoms with Gasteiger partial charge in [-0.2, -0.15) is 18.6 Å². The molecule has 0 saturated heterocycles. The van der Waals surface area contributed by atoms with E-state index in [2.05, 4.69) is 21.1 Å². The van der Waals surface area contributed by atoms with Gasteiger partial charge in [-0.3, -0.25) is 25.0 Å². The van der Waals surface area contributed by atoms with E-state index < -0.39 is 21.0 Å². The van der Waals surface area contributed by atoms with Crippen LogP contribution >= 0.6 is 0 Å². The first kappa shape index (κ1) is 21.1. The first-order chi connectivity index (χ1) is 14.1. The van der Waals surface area contributed by atoms with Crippen LogP contribution in [0.25, 0.3) is 0 Å². The van der Waals surface area contributed by atoms with E-state index in [0.29, 0.717) is 11.4 Å². The molecule has 3 aromatic carbocycles. The van der Waals surface area contributed by atoms with Crippen molar-refractivity contribution in [3.8, 4) is 0 Å². The summed E-state index contributed by atoms with van der Waals surface area (Å²) in [6.45, 7) is 3.83. The Morgan fingerprint density at radius 1 is 0.867 bits per heavy atom. The van der Waals surface area contributed by atoms with Crippen LogP contribution in [0.2, 0.25) is 0 Å². The van der Waals surface area contributed by atoms with E-state index in [9.17, 15) is 18.0 Å². The van der Waals surface area contributed by atoms with Gasteiger partial charge in [0.1, 0.15) is 5.36 Å². The monoisotopic (exact) mass is 426 g/mol. The van der Waals surface area contributed by atoms with Crippen LogP contribution in [0.5, 0.6) is 0 Å². The number of rotatable bonds is 5. The molecule has 0 aliphatic carbocycles. The van der Waals surface area contributed by atoms with Crippen LogP contribution in [-0.2, 0) is 10.1 Å². The Balaban J connectivity index is 1.92.